The Morgan fingerprint density at radius 3 is 2.89 bits per heavy atom. The van der Waals surface area contributed by atoms with E-state index >= 15 is 0 Å². The predicted octanol–water partition coefficient (Wildman–Crippen LogP) is 2.03. The van der Waals surface area contributed by atoms with Crippen molar-refractivity contribution in [3.63, 3.8) is 0 Å². The Balaban J connectivity index is 1.57. The zero-order chi connectivity index (χ0) is 12.5. The Morgan fingerprint density at radius 2 is 2.11 bits per heavy atom. The summed E-state index contributed by atoms with van der Waals surface area (Å²) in [6.45, 7) is 0.870. The molecule has 0 saturated carbocycles. The number of hydrogen-bond donors (Lipinski definition) is 3. The van der Waals surface area contributed by atoms with Crippen LogP contribution >= 0.6 is 27.7 Å². The summed E-state index contributed by atoms with van der Waals surface area (Å²) in [4.78, 5) is 11.3. The van der Waals surface area contributed by atoms with Crippen molar-refractivity contribution in [1.82, 2.24) is 10.6 Å². The molecule has 6 heteroatoms. The van der Waals surface area contributed by atoms with Crippen molar-refractivity contribution in [3.05, 3.63) is 28.7 Å². The summed E-state index contributed by atoms with van der Waals surface area (Å²) in [5, 5.41) is 9.79. The number of amides is 2. The number of urea groups is 1. The van der Waals surface area contributed by atoms with Crippen molar-refractivity contribution in [2.75, 3.05) is 17.6 Å². The van der Waals surface area contributed by atoms with Gasteiger partial charge in [0, 0.05) is 27.7 Å². The summed E-state index contributed by atoms with van der Waals surface area (Å²) < 4.78 is 1.08. The van der Waals surface area contributed by atoms with E-state index in [-0.39, 0.29) is 12.1 Å². The normalized spacial score (nSPS) is 29.6. The third-order valence-electron chi connectivity index (χ3n) is 3.29. The molecule has 3 rings (SSSR count). The molecule has 0 aliphatic carbocycles. The van der Waals surface area contributed by atoms with E-state index < -0.39 is 0 Å². The molecule has 4 nitrogen and oxygen atoms in total. The van der Waals surface area contributed by atoms with Gasteiger partial charge in [-0.15, -0.1) is 0 Å². The number of hydrogen-bond acceptors (Lipinski definition) is 3. The first-order valence-corrected chi connectivity index (χ1v) is 7.74. The molecule has 2 aliphatic rings. The van der Waals surface area contributed by atoms with E-state index in [9.17, 15) is 4.79 Å². The molecule has 1 aromatic rings. The maximum Gasteiger partial charge on any atom is 0.315 e. The first-order valence-electron chi connectivity index (χ1n) is 5.90. The van der Waals surface area contributed by atoms with Gasteiger partial charge in [0.25, 0.3) is 0 Å². The number of rotatable bonds is 3. The van der Waals surface area contributed by atoms with Gasteiger partial charge in [-0.05, 0) is 24.3 Å². The number of thioether (sulfide) groups is 1. The van der Waals surface area contributed by atoms with Crippen LogP contribution in [0.25, 0.3) is 0 Å². The highest BCUT2D eigenvalue weighted by Crippen LogP contribution is 2.30. The van der Waals surface area contributed by atoms with E-state index in [0.717, 1.165) is 22.5 Å². The van der Waals surface area contributed by atoms with Gasteiger partial charge in [0.2, 0.25) is 0 Å². The molecule has 0 aromatic heterocycles. The van der Waals surface area contributed by atoms with E-state index in [1.165, 1.54) is 0 Å². The second kappa shape index (κ2) is 5.01. The third kappa shape index (κ3) is 2.44. The summed E-state index contributed by atoms with van der Waals surface area (Å²) >= 11 is 5.33. The van der Waals surface area contributed by atoms with Crippen molar-refractivity contribution < 1.29 is 4.79 Å². The Hall–Kier alpha value is -0.880. The third-order valence-corrected chi connectivity index (χ3v) is 5.26. The minimum atomic E-state index is -0.0288. The topological polar surface area (TPSA) is 53.2 Å². The molecular weight excluding hydrogens is 314 g/mol. The number of halogens is 1. The van der Waals surface area contributed by atoms with E-state index in [2.05, 4.69) is 31.9 Å². The van der Waals surface area contributed by atoms with E-state index in [4.69, 9.17) is 0 Å². The molecule has 3 N–H and O–H groups in total. The Kier molecular flexibility index (Phi) is 3.39. The van der Waals surface area contributed by atoms with Gasteiger partial charge >= 0.3 is 6.03 Å². The predicted molar refractivity (Wildman–Crippen MR) is 78.1 cm³/mol. The number of anilines is 1. The molecule has 2 fully saturated rings. The minimum absolute atomic E-state index is 0.0288. The molecule has 0 bridgehead atoms. The van der Waals surface area contributed by atoms with Crippen molar-refractivity contribution in [2.45, 2.75) is 17.3 Å². The van der Waals surface area contributed by atoms with Crippen LogP contribution in [0.2, 0.25) is 0 Å². The number of carbonyl (C=O) groups is 1. The molecule has 2 amide bonds. The average Bonchev–Trinajstić information content (AvgIpc) is 2.88. The Morgan fingerprint density at radius 1 is 1.33 bits per heavy atom. The van der Waals surface area contributed by atoms with Crippen LogP contribution in [0, 0.1) is 0 Å². The molecule has 18 heavy (non-hydrogen) atoms. The summed E-state index contributed by atoms with van der Waals surface area (Å²) in [5.74, 6) is 0.996. The van der Waals surface area contributed by atoms with Gasteiger partial charge in [-0.3, -0.25) is 0 Å². The van der Waals surface area contributed by atoms with Gasteiger partial charge < -0.3 is 16.0 Å². The molecular formula is C12H14BrN3OS. The molecule has 0 radical (unpaired) electrons. The van der Waals surface area contributed by atoms with E-state index in [0.29, 0.717) is 11.3 Å². The zero-order valence-electron chi connectivity index (χ0n) is 9.65. The Bertz CT molecular complexity index is 453. The molecule has 0 spiro atoms. The van der Waals surface area contributed by atoms with Crippen molar-refractivity contribution in [3.8, 4) is 0 Å². The standard InChI is InChI=1S/C12H14BrN3OS/c13-7-1-3-8(4-2-7)14-5-10-11-9(6-18-10)15-12(17)16-11/h1-4,9-11,14H,5-6H2,(H2,15,16,17)/t9-,10-,11-/m0/s1. The van der Waals surface area contributed by atoms with E-state index in [1.807, 2.05) is 36.0 Å². The maximum atomic E-state index is 11.3. The number of benzene rings is 1. The molecule has 2 heterocycles. The fourth-order valence-electron chi connectivity index (χ4n) is 2.35. The van der Waals surface area contributed by atoms with Gasteiger partial charge in [-0.1, -0.05) is 15.9 Å². The highest BCUT2D eigenvalue weighted by Gasteiger charge is 2.42. The summed E-state index contributed by atoms with van der Waals surface area (Å²) in [6, 6.07) is 8.65. The van der Waals surface area contributed by atoms with Gasteiger partial charge in [0.1, 0.15) is 0 Å². The van der Waals surface area contributed by atoms with Crippen LogP contribution in [0.5, 0.6) is 0 Å². The first-order chi connectivity index (χ1) is 8.72. The van der Waals surface area contributed by atoms with Gasteiger partial charge in [0.15, 0.2) is 0 Å². The fraction of sp³-hybridized carbons (Fsp3) is 0.417. The molecule has 0 unspecified atom stereocenters. The van der Waals surface area contributed by atoms with Gasteiger partial charge in [-0.25, -0.2) is 4.79 Å². The van der Waals surface area contributed by atoms with Crippen LogP contribution in [0.4, 0.5) is 10.5 Å². The van der Waals surface area contributed by atoms with Crippen LogP contribution in [0.3, 0.4) is 0 Å². The highest BCUT2D eigenvalue weighted by molar-refractivity contribution is 9.10. The van der Waals surface area contributed by atoms with E-state index in [1.54, 1.807) is 0 Å². The maximum absolute atomic E-state index is 11.3. The summed E-state index contributed by atoms with van der Waals surface area (Å²) in [6.07, 6.45) is 0. The largest absolute Gasteiger partial charge is 0.384 e. The molecule has 2 aliphatic heterocycles. The number of nitrogens with one attached hydrogen (secondary N) is 3. The first kappa shape index (κ1) is 12.2. The molecule has 1 aromatic carbocycles. The zero-order valence-corrected chi connectivity index (χ0v) is 12.1. The lowest BCUT2D eigenvalue weighted by Crippen LogP contribution is -2.40. The number of carbonyl (C=O) groups excluding carboxylic acids is 1. The van der Waals surface area contributed by atoms with Crippen LogP contribution in [0.1, 0.15) is 0 Å². The van der Waals surface area contributed by atoms with Crippen molar-refractivity contribution in [2.24, 2.45) is 0 Å². The van der Waals surface area contributed by atoms with Gasteiger partial charge in [0.05, 0.1) is 12.1 Å². The summed E-state index contributed by atoms with van der Waals surface area (Å²) in [5.41, 5.74) is 1.11. The molecule has 3 atom stereocenters. The van der Waals surface area contributed by atoms with Crippen molar-refractivity contribution >= 4 is 39.4 Å². The monoisotopic (exact) mass is 327 g/mol. The van der Waals surface area contributed by atoms with Gasteiger partial charge in [-0.2, -0.15) is 11.8 Å². The quantitative estimate of drug-likeness (QED) is 0.744. The Labute approximate surface area is 118 Å². The molecule has 96 valence electrons. The smallest absolute Gasteiger partial charge is 0.315 e. The highest BCUT2D eigenvalue weighted by atomic mass is 79.9. The lowest BCUT2D eigenvalue weighted by Gasteiger charge is -2.18. The van der Waals surface area contributed by atoms with Crippen LogP contribution in [-0.4, -0.2) is 35.7 Å². The molecule has 2 saturated heterocycles. The van der Waals surface area contributed by atoms with Crippen molar-refractivity contribution in [1.29, 1.82) is 0 Å². The van der Waals surface area contributed by atoms with Crippen LogP contribution in [-0.2, 0) is 0 Å². The fourth-order valence-corrected chi connectivity index (χ4v) is 4.03. The SMILES string of the molecule is O=C1N[C@H]2[C@H](CS[C@H]2CNc2ccc(Br)cc2)N1. The number of fused-ring (bicyclic) bond motifs is 1. The summed E-state index contributed by atoms with van der Waals surface area (Å²) in [7, 11) is 0. The second-order valence-corrected chi connectivity index (χ2v) is 6.70. The minimum Gasteiger partial charge on any atom is -0.384 e. The van der Waals surface area contributed by atoms with Crippen LogP contribution < -0.4 is 16.0 Å². The van der Waals surface area contributed by atoms with Crippen LogP contribution in [0.15, 0.2) is 28.7 Å². The average molecular weight is 328 g/mol. The second-order valence-electron chi connectivity index (χ2n) is 4.51. The lowest BCUT2D eigenvalue weighted by molar-refractivity contribution is 0.247. The lowest BCUT2D eigenvalue weighted by atomic mass is 10.1.